The molecule has 36 heavy (non-hydrogen) atoms. The Morgan fingerprint density at radius 2 is 1.75 bits per heavy atom. The third-order valence-corrected chi connectivity index (χ3v) is 6.96. The van der Waals surface area contributed by atoms with E-state index >= 15 is 0 Å². The Hall–Kier alpha value is -3.41. The minimum Gasteiger partial charge on any atom is -0.457 e. The molecule has 0 saturated heterocycles. The number of benzene rings is 3. The lowest BCUT2D eigenvalue weighted by atomic mass is 9.81. The van der Waals surface area contributed by atoms with Gasteiger partial charge in [0.05, 0.1) is 5.52 Å². The zero-order chi connectivity index (χ0) is 24.7. The molecule has 0 amide bonds. The number of hydrogen-bond acceptors (Lipinski definition) is 5. The molecule has 1 aliphatic carbocycles. The van der Waals surface area contributed by atoms with Gasteiger partial charge in [0.2, 0.25) is 0 Å². The van der Waals surface area contributed by atoms with Crippen molar-refractivity contribution in [2.75, 3.05) is 18.4 Å². The highest BCUT2D eigenvalue weighted by Gasteiger charge is 2.21. The molecule has 0 radical (unpaired) electrons. The van der Waals surface area contributed by atoms with Gasteiger partial charge in [-0.25, -0.2) is 9.97 Å². The van der Waals surface area contributed by atoms with Crippen LogP contribution in [-0.2, 0) is 0 Å². The molecule has 3 aromatic carbocycles. The minimum atomic E-state index is 0.607. The fourth-order valence-corrected chi connectivity index (χ4v) is 5.02. The topological polar surface area (TPSA) is 73.1 Å². The lowest BCUT2D eigenvalue weighted by molar-refractivity contribution is 0.281. The van der Waals surface area contributed by atoms with Gasteiger partial charge in [-0.3, -0.25) is 0 Å². The number of aromatic nitrogens is 2. The van der Waals surface area contributed by atoms with Gasteiger partial charge >= 0.3 is 0 Å². The molecule has 0 bridgehead atoms. The number of para-hydroxylation sites is 1. The maximum absolute atomic E-state index is 6.29. The molecule has 2 atom stereocenters. The van der Waals surface area contributed by atoms with Crippen LogP contribution in [0.25, 0.3) is 23.1 Å². The van der Waals surface area contributed by atoms with Gasteiger partial charge in [-0.05, 0) is 91.7 Å². The highest BCUT2D eigenvalue weighted by Crippen LogP contribution is 2.30. The van der Waals surface area contributed by atoms with E-state index < -0.39 is 0 Å². The summed E-state index contributed by atoms with van der Waals surface area (Å²) >= 11 is 6.29. The molecule has 1 aromatic heterocycles. The van der Waals surface area contributed by atoms with E-state index in [1.165, 1.54) is 25.7 Å². The van der Waals surface area contributed by atoms with Gasteiger partial charge in [-0.2, -0.15) is 0 Å². The lowest BCUT2D eigenvalue weighted by Crippen LogP contribution is -2.26. The van der Waals surface area contributed by atoms with Crippen LogP contribution < -0.4 is 15.8 Å². The lowest BCUT2D eigenvalue weighted by Gasteiger charge is -2.28. The summed E-state index contributed by atoms with van der Waals surface area (Å²) in [5.74, 6) is 4.29. The summed E-state index contributed by atoms with van der Waals surface area (Å²) in [5.41, 5.74) is 7.77. The number of hydrogen-bond donors (Lipinski definition) is 2. The van der Waals surface area contributed by atoms with Crippen molar-refractivity contribution in [2.24, 2.45) is 17.6 Å². The Labute approximate surface area is 217 Å². The molecule has 1 aliphatic rings. The van der Waals surface area contributed by atoms with Gasteiger partial charge in [0.1, 0.15) is 17.3 Å². The number of halogens is 1. The highest BCUT2D eigenvalue weighted by atomic mass is 35.5. The third kappa shape index (κ3) is 6.23. The average molecular weight is 499 g/mol. The van der Waals surface area contributed by atoms with Gasteiger partial charge in [-0.1, -0.05) is 54.4 Å². The van der Waals surface area contributed by atoms with Gasteiger partial charge in [0.15, 0.2) is 5.82 Å². The molecule has 2 unspecified atom stereocenters. The normalized spacial score (nSPS) is 17.9. The van der Waals surface area contributed by atoms with Crippen LogP contribution in [0.4, 0.5) is 5.82 Å². The first-order valence-corrected chi connectivity index (χ1v) is 13.0. The predicted molar refractivity (Wildman–Crippen MR) is 149 cm³/mol. The number of nitrogens with zero attached hydrogens (tertiary/aromatic N) is 2. The Kier molecular flexibility index (Phi) is 7.79. The van der Waals surface area contributed by atoms with E-state index in [4.69, 9.17) is 32.0 Å². The molecule has 6 heteroatoms. The monoisotopic (exact) mass is 498 g/mol. The zero-order valence-corrected chi connectivity index (χ0v) is 21.0. The van der Waals surface area contributed by atoms with E-state index in [2.05, 4.69) is 5.32 Å². The number of rotatable bonds is 8. The van der Waals surface area contributed by atoms with E-state index in [0.29, 0.717) is 22.7 Å². The predicted octanol–water partition coefficient (Wildman–Crippen LogP) is 7.42. The average Bonchev–Trinajstić information content (AvgIpc) is 2.91. The van der Waals surface area contributed by atoms with E-state index in [0.717, 1.165) is 46.9 Å². The second kappa shape index (κ2) is 11.5. The van der Waals surface area contributed by atoms with Crippen LogP contribution in [0, 0.1) is 11.8 Å². The van der Waals surface area contributed by atoms with Crippen molar-refractivity contribution in [1.82, 2.24) is 9.97 Å². The first kappa shape index (κ1) is 24.3. The van der Waals surface area contributed by atoms with Crippen molar-refractivity contribution in [2.45, 2.75) is 25.7 Å². The molecule has 1 fully saturated rings. The highest BCUT2D eigenvalue weighted by molar-refractivity contribution is 6.31. The molecule has 5 nitrogen and oxygen atoms in total. The molecule has 0 aliphatic heterocycles. The molecule has 3 N–H and O–H groups in total. The first-order valence-electron chi connectivity index (χ1n) is 12.6. The van der Waals surface area contributed by atoms with Crippen LogP contribution in [0.2, 0.25) is 5.02 Å². The molecule has 1 saturated carbocycles. The Bertz CT molecular complexity index is 1340. The van der Waals surface area contributed by atoms with Crippen LogP contribution in [0.5, 0.6) is 11.5 Å². The molecule has 5 rings (SSSR count). The Morgan fingerprint density at radius 1 is 0.917 bits per heavy atom. The fraction of sp³-hybridized carbons (Fsp3) is 0.267. The van der Waals surface area contributed by atoms with E-state index in [-0.39, 0.29) is 0 Å². The molecular weight excluding hydrogens is 468 g/mol. The van der Waals surface area contributed by atoms with Crippen LogP contribution in [0.1, 0.15) is 37.1 Å². The maximum Gasteiger partial charge on any atom is 0.154 e. The van der Waals surface area contributed by atoms with E-state index in [1.54, 1.807) is 0 Å². The van der Waals surface area contributed by atoms with Gasteiger partial charge < -0.3 is 15.8 Å². The molecule has 0 spiro atoms. The van der Waals surface area contributed by atoms with E-state index in [9.17, 15) is 0 Å². The smallest absolute Gasteiger partial charge is 0.154 e. The van der Waals surface area contributed by atoms with Gasteiger partial charge in [-0.15, -0.1) is 0 Å². The quantitative estimate of drug-likeness (QED) is 0.264. The summed E-state index contributed by atoms with van der Waals surface area (Å²) in [4.78, 5) is 9.60. The first-order chi connectivity index (χ1) is 17.7. The maximum atomic E-state index is 6.29. The van der Waals surface area contributed by atoms with Crippen molar-refractivity contribution in [3.8, 4) is 11.5 Å². The summed E-state index contributed by atoms with van der Waals surface area (Å²) in [6.07, 6.45) is 8.82. The van der Waals surface area contributed by atoms with Crippen LogP contribution in [0.3, 0.4) is 0 Å². The Morgan fingerprint density at radius 3 is 2.61 bits per heavy atom. The van der Waals surface area contributed by atoms with E-state index in [1.807, 2.05) is 84.9 Å². The minimum absolute atomic E-state index is 0.607. The number of ether oxygens (including phenoxy) is 1. The zero-order valence-electron chi connectivity index (χ0n) is 20.2. The second-order valence-corrected chi connectivity index (χ2v) is 9.86. The van der Waals surface area contributed by atoms with Crippen LogP contribution in [-0.4, -0.2) is 23.1 Å². The summed E-state index contributed by atoms with van der Waals surface area (Å²) in [6.45, 7) is 1.66. The molecule has 1 heterocycles. The van der Waals surface area contributed by atoms with Crippen molar-refractivity contribution < 1.29 is 4.74 Å². The van der Waals surface area contributed by atoms with Crippen LogP contribution >= 0.6 is 11.6 Å². The van der Waals surface area contributed by atoms with Crippen molar-refractivity contribution >= 4 is 40.5 Å². The fourth-order valence-electron chi connectivity index (χ4n) is 4.85. The third-order valence-electron chi connectivity index (χ3n) is 6.72. The van der Waals surface area contributed by atoms with Crippen molar-refractivity contribution in [1.29, 1.82) is 0 Å². The van der Waals surface area contributed by atoms with Gasteiger partial charge in [0, 0.05) is 17.0 Å². The van der Waals surface area contributed by atoms with Crippen molar-refractivity contribution in [3.63, 3.8) is 0 Å². The molecule has 184 valence electrons. The molecule has 4 aromatic rings. The second-order valence-electron chi connectivity index (χ2n) is 9.43. The SMILES string of the molecule is NCC1CCCC(CNc2nc(C=Cc3cccc(Oc4ccccc4)c3)nc3cc(Cl)ccc23)C1. The number of fused-ring (bicyclic) bond motifs is 1. The summed E-state index contributed by atoms with van der Waals surface area (Å²) in [6, 6.07) is 23.5. The van der Waals surface area contributed by atoms with Crippen molar-refractivity contribution in [3.05, 3.63) is 89.2 Å². The summed E-state index contributed by atoms with van der Waals surface area (Å²) < 4.78 is 5.97. The van der Waals surface area contributed by atoms with Gasteiger partial charge in [0.25, 0.3) is 0 Å². The standard InChI is InChI=1S/C30H31ClN4O/c31-24-13-14-27-28(18-24)34-29(35-30(27)33-20-23-8-4-7-22(16-23)19-32)15-12-21-6-5-11-26(17-21)36-25-9-2-1-3-10-25/h1-3,5-6,9-15,17-18,22-23H,4,7-8,16,19-20,32H2,(H,33,34,35). The Balaban J connectivity index is 1.36. The largest absolute Gasteiger partial charge is 0.457 e. The summed E-state index contributed by atoms with van der Waals surface area (Å²) in [5, 5.41) is 5.24. The number of anilines is 1. The number of nitrogens with one attached hydrogen (secondary N) is 1. The summed E-state index contributed by atoms with van der Waals surface area (Å²) in [7, 11) is 0. The van der Waals surface area contributed by atoms with Crippen LogP contribution in [0.15, 0.2) is 72.8 Å². The molecular formula is C30H31ClN4O. The number of nitrogens with two attached hydrogens (primary N) is 1.